The molecule has 0 bridgehead atoms. The second kappa shape index (κ2) is 16.1. The predicted molar refractivity (Wildman–Crippen MR) is 171 cm³/mol. The molecule has 2 fully saturated rings. The first-order valence-electron chi connectivity index (χ1n) is 16.3. The number of fused-ring (bicyclic) bond motifs is 1. The van der Waals surface area contributed by atoms with Crippen LogP contribution in [-0.4, -0.2) is 131 Å². The number of alkyl halides is 3. The molecule has 11 nitrogen and oxygen atoms in total. The van der Waals surface area contributed by atoms with Gasteiger partial charge in [-0.25, -0.2) is 0 Å². The molecule has 0 aliphatic carbocycles. The number of carbonyl (C=O) groups is 2. The van der Waals surface area contributed by atoms with Gasteiger partial charge in [0.1, 0.15) is 13.2 Å². The molecule has 1 unspecified atom stereocenters. The summed E-state index contributed by atoms with van der Waals surface area (Å²) in [6.07, 6.45) is -1.14. The van der Waals surface area contributed by atoms with E-state index in [1.165, 1.54) is 24.9 Å². The van der Waals surface area contributed by atoms with Gasteiger partial charge in [0.2, 0.25) is 11.8 Å². The van der Waals surface area contributed by atoms with Crippen LogP contribution in [0.15, 0.2) is 23.1 Å². The first kappa shape index (κ1) is 35.6. The molecule has 260 valence electrons. The van der Waals surface area contributed by atoms with Crippen LogP contribution in [0.1, 0.15) is 42.5 Å². The number of piperidine rings is 1. The summed E-state index contributed by atoms with van der Waals surface area (Å²) in [5.74, 6) is -0.0394. The fraction of sp³-hybridized carbons (Fsp3) is 0.656. The van der Waals surface area contributed by atoms with Crippen molar-refractivity contribution in [3.05, 3.63) is 35.0 Å². The van der Waals surface area contributed by atoms with Crippen LogP contribution >= 0.6 is 11.8 Å². The van der Waals surface area contributed by atoms with E-state index in [-0.39, 0.29) is 36.5 Å². The number of aliphatic hydroxyl groups is 2. The zero-order valence-corrected chi connectivity index (χ0v) is 27.6. The molecular formula is C32H45F3N6O5S. The van der Waals surface area contributed by atoms with Gasteiger partial charge in [0.15, 0.2) is 0 Å². The third-order valence-corrected chi connectivity index (χ3v) is 10.2. The predicted octanol–water partition coefficient (Wildman–Crippen LogP) is 2.22. The van der Waals surface area contributed by atoms with Crippen LogP contribution in [0.25, 0.3) is 11.3 Å². The number of methoxy groups -OCH3 is 1. The molecule has 3 aliphatic heterocycles. The van der Waals surface area contributed by atoms with E-state index in [1.807, 2.05) is 0 Å². The quantitative estimate of drug-likeness (QED) is 0.273. The van der Waals surface area contributed by atoms with E-state index < -0.39 is 30.4 Å². The van der Waals surface area contributed by atoms with Crippen molar-refractivity contribution in [1.29, 1.82) is 0 Å². The number of β-amino-alcohol motifs (C(OH)–C–C–N with tert-alkyl or cyclic N) is 1. The number of nitrogens with one attached hydrogen (secondary N) is 1. The van der Waals surface area contributed by atoms with Gasteiger partial charge < -0.3 is 35.0 Å². The molecule has 1 atom stereocenters. The molecule has 1 aromatic carbocycles. The number of thioether (sulfide) groups is 1. The number of likely N-dealkylation sites (tertiary alicyclic amines) is 2. The van der Waals surface area contributed by atoms with Crippen molar-refractivity contribution in [3.8, 4) is 11.3 Å². The number of hydrogen-bond donors (Lipinski definition) is 3. The summed E-state index contributed by atoms with van der Waals surface area (Å²) in [5.41, 5.74) is 2.00. The highest BCUT2D eigenvalue weighted by Gasteiger charge is 2.35. The fourth-order valence-corrected chi connectivity index (χ4v) is 7.82. The summed E-state index contributed by atoms with van der Waals surface area (Å²) >= 11 is 1.20. The number of rotatable bonds is 13. The number of hydrogen-bond acceptors (Lipinski definition) is 9. The Balaban J connectivity index is 1.36. The average Bonchev–Trinajstić information content (AvgIpc) is 3.69. The zero-order valence-electron chi connectivity index (χ0n) is 26.8. The second-order valence-electron chi connectivity index (χ2n) is 12.5. The third-order valence-electron chi connectivity index (χ3n) is 9.13. The SMILES string of the molecule is COCC(=O)N1CCc2c(c(-c3ccc(C(F)(F)F)c(SCCN4CCCC4)c3)nn2CC(O)CN2CCC(NC(=O)CO)CC2)C1. The number of nitrogens with zero attached hydrogens (tertiary/aromatic N) is 5. The van der Waals surface area contributed by atoms with Gasteiger partial charge in [-0.1, -0.05) is 6.07 Å². The molecule has 2 aromatic rings. The monoisotopic (exact) mass is 682 g/mol. The Hall–Kier alpha value is -2.69. The van der Waals surface area contributed by atoms with E-state index in [9.17, 15) is 27.9 Å². The highest BCUT2D eigenvalue weighted by molar-refractivity contribution is 7.99. The second-order valence-corrected chi connectivity index (χ2v) is 13.7. The lowest BCUT2D eigenvalue weighted by Crippen LogP contribution is -2.47. The Kier molecular flexibility index (Phi) is 12.2. The van der Waals surface area contributed by atoms with Crippen molar-refractivity contribution in [2.45, 2.75) is 68.4 Å². The number of ether oxygens (including phenoxy) is 1. The van der Waals surface area contributed by atoms with E-state index in [1.54, 1.807) is 15.6 Å². The fourth-order valence-electron chi connectivity index (χ4n) is 6.70. The van der Waals surface area contributed by atoms with Gasteiger partial charge in [0, 0.05) is 86.3 Å². The number of aromatic nitrogens is 2. The standard InChI is InChI=1S/C32H45F3N6O5S/c1-46-21-30(45)40-13-8-27-25(19-40)31(37-41(27)18-24(43)17-39-11-6-23(7-12-39)36-29(44)20-42)22-4-5-26(32(33,34)35)28(16-22)47-15-14-38-9-2-3-10-38/h4-5,16,23-24,42-43H,2-3,6-15,17-21H2,1H3,(H,36,44). The topological polar surface area (TPSA) is 123 Å². The highest BCUT2D eigenvalue weighted by Crippen LogP contribution is 2.40. The van der Waals surface area contributed by atoms with Gasteiger partial charge in [0.25, 0.3) is 0 Å². The van der Waals surface area contributed by atoms with Gasteiger partial charge in [-0.3, -0.25) is 14.3 Å². The van der Waals surface area contributed by atoms with Crippen LogP contribution in [-0.2, 0) is 40.0 Å². The maximum absolute atomic E-state index is 14.1. The average molecular weight is 683 g/mol. The molecule has 3 N–H and O–H groups in total. The number of aliphatic hydroxyl groups excluding tert-OH is 2. The lowest BCUT2D eigenvalue weighted by Gasteiger charge is -2.33. The van der Waals surface area contributed by atoms with E-state index in [2.05, 4.69) is 15.1 Å². The van der Waals surface area contributed by atoms with Crippen LogP contribution in [0.2, 0.25) is 0 Å². The number of halogens is 3. The van der Waals surface area contributed by atoms with E-state index in [4.69, 9.17) is 14.9 Å². The lowest BCUT2D eigenvalue weighted by molar-refractivity contribution is -0.139. The van der Waals surface area contributed by atoms with E-state index in [0.29, 0.717) is 62.5 Å². The molecule has 2 amide bonds. The molecule has 5 rings (SSSR count). The van der Waals surface area contributed by atoms with E-state index in [0.717, 1.165) is 49.8 Å². The van der Waals surface area contributed by atoms with Crippen molar-refractivity contribution in [2.75, 3.05) is 71.9 Å². The molecule has 4 heterocycles. The molecule has 15 heteroatoms. The van der Waals surface area contributed by atoms with Gasteiger partial charge in [-0.05, 0) is 50.9 Å². The Morgan fingerprint density at radius 2 is 1.85 bits per heavy atom. The summed E-state index contributed by atoms with van der Waals surface area (Å²) < 4.78 is 49.0. The first-order valence-corrected chi connectivity index (χ1v) is 17.3. The molecule has 0 saturated carbocycles. The van der Waals surface area contributed by atoms with Crippen LogP contribution in [0.5, 0.6) is 0 Å². The molecule has 0 spiro atoms. The van der Waals surface area contributed by atoms with Crippen LogP contribution in [0.3, 0.4) is 0 Å². The Labute approximate surface area is 277 Å². The highest BCUT2D eigenvalue weighted by atomic mass is 32.2. The molecule has 47 heavy (non-hydrogen) atoms. The minimum Gasteiger partial charge on any atom is -0.390 e. The third kappa shape index (κ3) is 9.27. The van der Waals surface area contributed by atoms with Crippen LogP contribution in [0.4, 0.5) is 13.2 Å². The largest absolute Gasteiger partial charge is 0.417 e. The normalized spacial score (nSPS) is 18.8. The molecule has 0 radical (unpaired) electrons. The van der Waals surface area contributed by atoms with Crippen molar-refractivity contribution >= 4 is 23.6 Å². The summed E-state index contributed by atoms with van der Waals surface area (Å²) in [6.45, 7) is 4.67. The van der Waals surface area contributed by atoms with Gasteiger partial charge in [-0.2, -0.15) is 18.3 Å². The molecular weight excluding hydrogens is 637 g/mol. The summed E-state index contributed by atoms with van der Waals surface area (Å²) in [7, 11) is 1.46. The Morgan fingerprint density at radius 1 is 1.11 bits per heavy atom. The maximum Gasteiger partial charge on any atom is 0.417 e. The lowest BCUT2D eigenvalue weighted by atomic mass is 9.99. The minimum absolute atomic E-state index is 0.0143. The Morgan fingerprint density at radius 3 is 2.53 bits per heavy atom. The first-order chi connectivity index (χ1) is 22.5. The summed E-state index contributed by atoms with van der Waals surface area (Å²) in [4.78, 5) is 30.5. The summed E-state index contributed by atoms with van der Waals surface area (Å²) in [5, 5.41) is 27.8. The van der Waals surface area contributed by atoms with Crippen molar-refractivity contribution in [1.82, 2.24) is 29.8 Å². The molecule has 2 saturated heterocycles. The van der Waals surface area contributed by atoms with Crippen molar-refractivity contribution < 1.29 is 37.7 Å². The van der Waals surface area contributed by atoms with Gasteiger partial charge in [0.05, 0.1) is 23.9 Å². The van der Waals surface area contributed by atoms with Crippen LogP contribution < -0.4 is 5.32 Å². The smallest absolute Gasteiger partial charge is 0.390 e. The zero-order chi connectivity index (χ0) is 33.6. The van der Waals surface area contributed by atoms with E-state index >= 15 is 0 Å². The number of benzene rings is 1. The molecule has 1 aromatic heterocycles. The van der Waals surface area contributed by atoms with Crippen LogP contribution in [0, 0.1) is 0 Å². The van der Waals surface area contributed by atoms with Gasteiger partial charge in [-0.15, -0.1) is 11.8 Å². The van der Waals surface area contributed by atoms with Crippen molar-refractivity contribution in [3.63, 3.8) is 0 Å². The van der Waals surface area contributed by atoms with Crippen molar-refractivity contribution in [2.24, 2.45) is 0 Å². The maximum atomic E-state index is 14.1. The minimum atomic E-state index is -4.50. The van der Waals surface area contributed by atoms with Gasteiger partial charge >= 0.3 is 6.18 Å². The number of amides is 2. The molecule has 3 aliphatic rings. The number of carbonyl (C=O) groups excluding carboxylic acids is 2. The Bertz CT molecular complexity index is 1380. The summed E-state index contributed by atoms with van der Waals surface area (Å²) in [6, 6.07) is 4.12.